The van der Waals surface area contributed by atoms with E-state index in [0.29, 0.717) is 4.83 Å². The second-order valence-corrected chi connectivity index (χ2v) is 7.63. The van der Waals surface area contributed by atoms with E-state index in [9.17, 15) is 0 Å². The lowest BCUT2D eigenvalue weighted by atomic mass is 9.69. The topological polar surface area (TPSA) is 9.23 Å². The number of hydrogen-bond donors (Lipinski definition) is 0. The minimum Gasteiger partial charge on any atom is -0.489 e. The summed E-state index contributed by atoms with van der Waals surface area (Å²) in [4.78, 5) is 0.546. The van der Waals surface area contributed by atoms with E-state index in [4.69, 9.17) is 4.74 Å². The lowest BCUT2D eigenvalue weighted by Gasteiger charge is -2.48. The molecule has 19 heavy (non-hydrogen) atoms. The lowest BCUT2D eigenvalue weighted by Crippen LogP contribution is -2.53. The van der Waals surface area contributed by atoms with Gasteiger partial charge in [-0.25, -0.2) is 0 Å². The summed E-state index contributed by atoms with van der Waals surface area (Å²) in [5, 5.41) is 2.43. The third-order valence-corrected chi connectivity index (χ3v) is 6.53. The zero-order valence-corrected chi connectivity index (χ0v) is 14.2. The van der Waals surface area contributed by atoms with Crippen molar-refractivity contribution in [2.45, 2.75) is 31.2 Å². The molecule has 1 fully saturated rings. The summed E-state index contributed by atoms with van der Waals surface area (Å²) in [7, 11) is 0. The van der Waals surface area contributed by atoms with Crippen molar-refractivity contribution in [1.82, 2.24) is 0 Å². The molecule has 0 heterocycles. The average molecular weight is 384 g/mol. The summed E-state index contributed by atoms with van der Waals surface area (Å²) in [6.07, 6.45) is 1.33. The molecule has 1 aliphatic carbocycles. The first-order chi connectivity index (χ1) is 9.00. The van der Waals surface area contributed by atoms with Crippen LogP contribution in [0.4, 0.5) is 0 Å². The standard InChI is InChI=1S/C16H16Br2O/c1-16(2)13(17)9-14(16)19-12-8-7-10-5-3-4-6-11(10)15(12)18/h3-8,13-14H,9H2,1-2H3. The van der Waals surface area contributed by atoms with Gasteiger partial charge in [-0.05, 0) is 39.2 Å². The normalized spacial score (nSPS) is 25.1. The van der Waals surface area contributed by atoms with Gasteiger partial charge in [-0.15, -0.1) is 0 Å². The van der Waals surface area contributed by atoms with Gasteiger partial charge in [0.05, 0.1) is 4.47 Å². The first-order valence-corrected chi connectivity index (χ1v) is 8.19. The molecule has 0 radical (unpaired) electrons. The molecule has 0 aliphatic heterocycles. The lowest BCUT2D eigenvalue weighted by molar-refractivity contribution is -0.00818. The quantitative estimate of drug-likeness (QED) is 0.618. The fraction of sp³-hybridized carbons (Fsp3) is 0.375. The second-order valence-electron chi connectivity index (χ2n) is 5.73. The van der Waals surface area contributed by atoms with Gasteiger partial charge in [0.1, 0.15) is 11.9 Å². The molecule has 1 aliphatic rings. The molecule has 100 valence electrons. The molecule has 2 atom stereocenters. The van der Waals surface area contributed by atoms with E-state index in [1.807, 2.05) is 0 Å². The van der Waals surface area contributed by atoms with Gasteiger partial charge >= 0.3 is 0 Å². The van der Waals surface area contributed by atoms with E-state index in [1.54, 1.807) is 0 Å². The number of ether oxygens (including phenoxy) is 1. The van der Waals surface area contributed by atoms with Gasteiger partial charge in [0.15, 0.2) is 0 Å². The molecule has 3 heteroatoms. The van der Waals surface area contributed by atoms with Crippen molar-refractivity contribution in [3.8, 4) is 5.75 Å². The van der Waals surface area contributed by atoms with Gasteiger partial charge in [0.25, 0.3) is 0 Å². The highest BCUT2D eigenvalue weighted by Crippen LogP contribution is 2.48. The molecular formula is C16H16Br2O. The van der Waals surface area contributed by atoms with Gasteiger partial charge in [-0.2, -0.15) is 0 Å². The molecule has 0 aromatic heterocycles. The molecule has 0 spiro atoms. The predicted molar refractivity (Wildman–Crippen MR) is 87.2 cm³/mol. The minimum absolute atomic E-state index is 0.186. The molecule has 3 rings (SSSR count). The summed E-state index contributed by atoms with van der Waals surface area (Å²) >= 11 is 7.38. The van der Waals surface area contributed by atoms with E-state index >= 15 is 0 Å². The van der Waals surface area contributed by atoms with Crippen LogP contribution in [0.3, 0.4) is 0 Å². The Hall–Kier alpha value is -0.540. The SMILES string of the molecule is CC1(C)C(Br)CC1Oc1ccc2ccccc2c1Br. The van der Waals surface area contributed by atoms with E-state index in [1.165, 1.54) is 10.8 Å². The number of benzene rings is 2. The Labute approximate surface area is 130 Å². The van der Waals surface area contributed by atoms with Gasteiger partial charge < -0.3 is 4.74 Å². The van der Waals surface area contributed by atoms with Gasteiger partial charge in [-0.3, -0.25) is 0 Å². The fourth-order valence-electron chi connectivity index (χ4n) is 2.49. The Morgan fingerprint density at radius 1 is 1.16 bits per heavy atom. The third-order valence-electron chi connectivity index (χ3n) is 4.16. The van der Waals surface area contributed by atoms with Crippen molar-refractivity contribution in [3.05, 3.63) is 40.9 Å². The van der Waals surface area contributed by atoms with Crippen LogP contribution in [0.1, 0.15) is 20.3 Å². The molecule has 1 nitrogen and oxygen atoms in total. The number of alkyl halides is 1. The van der Waals surface area contributed by atoms with E-state index in [0.717, 1.165) is 16.6 Å². The molecule has 2 aromatic rings. The third kappa shape index (κ3) is 2.21. The van der Waals surface area contributed by atoms with E-state index < -0.39 is 0 Å². The van der Waals surface area contributed by atoms with Crippen LogP contribution in [0.2, 0.25) is 0 Å². The average Bonchev–Trinajstić information content (AvgIpc) is 2.41. The Bertz CT molecular complexity index is 621. The molecule has 0 N–H and O–H groups in total. The summed E-state index contributed by atoms with van der Waals surface area (Å²) < 4.78 is 7.25. The maximum atomic E-state index is 6.20. The van der Waals surface area contributed by atoms with E-state index in [-0.39, 0.29) is 11.5 Å². The Morgan fingerprint density at radius 2 is 1.89 bits per heavy atom. The second kappa shape index (κ2) is 4.78. The molecule has 2 unspecified atom stereocenters. The van der Waals surface area contributed by atoms with Crippen molar-refractivity contribution < 1.29 is 4.74 Å². The van der Waals surface area contributed by atoms with Crippen LogP contribution in [-0.4, -0.2) is 10.9 Å². The first kappa shape index (κ1) is 13.4. The van der Waals surface area contributed by atoms with Crippen LogP contribution < -0.4 is 4.74 Å². The van der Waals surface area contributed by atoms with Crippen LogP contribution in [-0.2, 0) is 0 Å². The molecule has 0 saturated heterocycles. The molecule has 0 bridgehead atoms. The van der Waals surface area contributed by atoms with Crippen LogP contribution in [0.25, 0.3) is 10.8 Å². The van der Waals surface area contributed by atoms with Gasteiger partial charge in [0, 0.05) is 10.2 Å². The maximum Gasteiger partial charge on any atom is 0.134 e. The van der Waals surface area contributed by atoms with Crippen LogP contribution in [0.15, 0.2) is 40.9 Å². The van der Waals surface area contributed by atoms with E-state index in [2.05, 4.69) is 82.1 Å². The fourth-order valence-corrected chi connectivity index (χ4v) is 3.72. The number of rotatable bonds is 2. The van der Waals surface area contributed by atoms with Crippen LogP contribution in [0.5, 0.6) is 5.75 Å². The summed E-state index contributed by atoms with van der Waals surface area (Å²) in [6, 6.07) is 12.5. The molecule has 1 saturated carbocycles. The van der Waals surface area contributed by atoms with Crippen molar-refractivity contribution in [2.24, 2.45) is 5.41 Å². The predicted octanol–water partition coefficient (Wildman–Crippen LogP) is 5.54. The molecular weight excluding hydrogens is 368 g/mol. The number of hydrogen-bond acceptors (Lipinski definition) is 1. The highest BCUT2D eigenvalue weighted by atomic mass is 79.9. The maximum absolute atomic E-state index is 6.20. The Morgan fingerprint density at radius 3 is 2.58 bits per heavy atom. The zero-order valence-electron chi connectivity index (χ0n) is 11.0. The first-order valence-electron chi connectivity index (χ1n) is 6.48. The Balaban J connectivity index is 1.92. The van der Waals surface area contributed by atoms with Crippen LogP contribution >= 0.6 is 31.9 Å². The summed E-state index contributed by atoms with van der Waals surface area (Å²) in [5.74, 6) is 0.941. The minimum atomic E-state index is 0.186. The van der Waals surface area contributed by atoms with Crippen molar-refractivity contribution in [2.75, 3.05) is 0 Å². The van der Waals surface area contributed by atoms with Crippen LogP contribution in [0, 0.1) is 5.41 Å². The number of halogens is 2. The Kier molecular flexibility index (Phi) is 3.38. The van der Waals surface area contributed by atoms with Crippen molar-refractivity contribution in [3.63, 3.8) is 0 Å². The highest BCUT2D eigenvalue weighted by Gasteiger charge is 2.48. The van der Waals surface area contributed by atoms with Crippen molar-refractivity contribution >= 4 is 42.6 Å². The molecule has 2 aromatic carbocycles. The molecule has 0 amide bonds. The smallest absolute Gasteiger partial charge is 0.134 e. The van der Waals surface area contributed by atoms with Gasteiger partial charge in [0.2, 0.25) is 0 Å². The van der Waals surface area contributed by atoms with Gasteiger partial charge in [-0.1, -0.05) is 60.1 Å². The highest BCUT2D eigenvalue weighted by molar-refractivity contribution is 9.10. The number of fused-ring (bicyclic) bond motifs is 1. The zero-order chi connectivity index (χ0) is 13.6. The van der Waals surface area contributed by atoms with Crippen molar-refractivity contribution in [1.29, 1.82) is 0 Å². The monoisotopic (exact) mass is 382 g/mol. The largest absolute Gasteiger partial charge is 0.489 e. The summed E-state index contributed by atoms with van der Waals surface area (Å²) in [6.45, 7) is 4.49. The summed E-state index contributed by atoms with van der Waals surface area (Å²) in [5.41, 5.74) is 0.186.